The number of terminal acetylenes is 1. The SMILES string of the molecule is C#CCOCCOCCC(=O)N(CCOCCN)CCOCCN. The molecule has 0 unspecified atom stereocenters. The summed E-state index contributed by atoms with van der Waals surface area (Å²) < 4.78 is 21.1. The van der Waals surface area contributed by atoms with Gasteiger partial charge < -0.3 is 35.3 Å². The van der Waals surface area contributed by atoms with Crippen LogP contribution in [0.5, 0.6) is 0 Å². The zero-order valence-corrected chi connectivity index (χ0v) is 14.4. The number of ether oxygens (including phenoxy) is 4. The molecule has 0 heterocycles. The second kappa shape index (κ2) is 18.1. The average Bonchev–Trinajstić information content (AvgIpc) is 2.59. The molecule has 140 valence electrons. The van der Waals surface area contributed by atoms with E-state index in [0.717, 1.165) is 0 Å². The zero-order valence-electron chi connectivity index (χ0n) is 14.4. The van der Waals surface area contributed by atoms with Crippen molar-refractivity contribution in [2.24, 2.45) is 11.5 Å². The molecule has 24 heavy (non-hydrogen) atoms. The van der Waals surface area contributed by atoms with Gasteiger partial charge in [0, 0.05) is 26.2 Å². The highest BCUT2D eigenvalue weighted by atomic mass is 16.5. The van der Waals surface area contributed by atoms with E-state index >= 15 is 0 Å². The van der Waals surface area contributed by atoms with Crippen LogP contribution in [0.4, 0.5) is 0 Å². The van der Waals surface area contributed by atoms with Crippen LogP contribution < -0.4 is 11.5 Å². The summed E-state index contributed by atoms with van der Waals surface area (Å²) in [6, 6.07) is 0. The number of amides is 1. The summed E-state index contributed by atoms with van der Waals surface area (Å²) in [5.74, 6) is 2.36. The predicted molar refractivity (Wildman–Crippen MR) is 91.4 cm³/mol. The molecule has 0 saturated heterocycles. The van der Waals surface area contributed by atoms with Crippen LogP contribution in [-0.2, 0) is 23.7 Å². The quantitative estimate of drug-likeness (QED) is 0.252. The van der Waals surface area contributed by atoms with E-state index in [4.69, 9.17) is 36.8 Å². The number of nitrogens with zero attached hydrogens (tertiary/aromatic N) is 1. The number of hydrogen-bond acceptors (Lipinski definition) is 7. The topological polar surface area (TPSA) is 109 Å². The van der Waals surface area contributed by atoms with Crippen LogP contribution in [0.25, 0.3) is 0 Å². The van der Waals surface area contributed by atoms with E-state index in [-0.39, 0.29) is 12.5 Å². The second-order valence-electron chi connectivity index (χ2n) is 4.80. The number of rotatable bonds is 17. The van der Waals surface area contributed by atoms with Crippen molar-refractivity contribution >= 4 is 5.91 Å². The van der Waals surface area contributed by atoms with E-state index in [9.17, 15) is 4.79 Å². The van der Waals surface area contributed by atoms with E-state index in [1.165, 1.54) is 0 Å². The molecule has 8 heteroatoms. The first-order valence-corrected chi connectivity index (χ1v) is 8.18. The molecule has 0 rings (SSSR count). The van der Waals surface area contributed by atoms with Gasteiger partial charge in [0.1, 0.15) is 6.61 Å². The standard InChI is InChI=1S/C16H31N3O5/c1-2-8-21-14-15-22-9-3-16(20)19(6-12-23-10-4-17)7-13-24-11-5-18/h1H,3-15,17-18H2. The highest BCUT2D eigenvalue weighted by Crippen LogP contribution is 1.97. The van der Waals surface area contributed by atoms with Gasteiger partial charge in [-0.25, -0.2) is 0 Å². The summed E-state index contributed by atoms with van der Waals surface area (Å²) in [5, 5.41) is 0. The third kappa shape index (κ3) is 14.4. The summed E-state index contributed by atoms with van der Waals surface area (Å²) in [4.78, 5) is 13.9. The molecule has 0 atom stereocenters. The first kappa shape index (κ1) is 22.8. The summed E-state index contributed by atoms with van der Waals surface area (Å²) in [7, 11) is 0. The van der Waals surface area contributed by atoms with Crippen LogP contribution >= 0.6 is 0 Å². The summed E-state index contributed by atoms with van der Waals surface area (Å²) in [5.41, 5.74) is 10.7. The van der Waals surface area contributed by atoms with Crippen LogP contribution in [-0.4, -0.2) is 89.8 Å². The molecular formula is C16H31N3O5. The zero-order chi connectivity index (χ0) is 17.9. The van der Waals surface area contributed by atoms with E-state index in [2.05, 4.69) is 5.92 Å². The largest absolute Gasteiger partial charge is 0.379 e. The Morgan fingerprint density at radius 3 is 1.92 bits per heavy atom. The Balaban J connectivity index is 3.94. The smallest absolute Gasteiger partial charge is 0.225 e. The summed E-state index contributed by atoms with van der Waals surface area (Å²) in [6.07, 6.45) is 5.35. The molecule has 0 aromatic carbocycles. The number of hydrogen-bond donors (Lipinski definition) is 2. The maximum absolute atomic E-state index is 12.2. The molecule has 0 spiro atoms. The van der Waals surface area contributed by atoms with Crippen molar-refractivity contribution in [3.63, 3.8) is 0 Å². The highest BCUT2D eigenvalue weighted by Gasteiger charge is 2.13. The van der Waals surface area contributed by atoms with Gasteiger partial charge in [0.05, 0.1) is 52.7 Å². The van der Waals surface area contributed by atoms with Crippen LogP contribution in [0.1, 0.15) is 6.42 Å². The van der Waals surface area contributed by atoms with Crippen molar-refractivity contribution in [2.75, 3.05) is 79.0 Å². The van der Waals surface area contributed by atoms with Crippen molar-refractivity contribution in [3.8, 4) is 12.3 Å². The molecule has 1 amide bonds. The first-order chi connectivity index (χ1) is 11.8. The monoisotopic (exact) mass is 345 g/mol. The van der Waals surface area contributed by atoms with Crippen LogP contribution in [0.3, 0.4) is 0 Å². The average molecular weight is 345 g/mol. The molecule has 0 aliphatic rings. The molecule has 0 saturated carbocycles. The lowest BCUT2D eigenvalue weighted by Gasteiger charge is -2.22. The fourth-order valence-electron chi connectivity index (χ4n) is 1.75. The van der Waals surface area contributed by atoms with Crippen molar-refractivity contribution in [1.82, 2.24) is 4.90 Å². The third-order valence-corrected chi connectivity index (χ3v) is 2.91. The fraction of sp³-hybridized carbons (Fsp3) is 0.812. The van der Waals surface area contributed by atoms with E-state index < -0.39 is 0 Å². The number of carbonyl (C=O) groups is 1. The predicted octanol–water partition coefficient (Wildman–Crippen LogP) is -1.18. The Morgan fingerprint density at radius 2 is 1.38 bits per heavy atom. The maximum Gasteiger partial charge on any atom is 0.225 e. The van der Waals surface area contributed by atoms with Crippen LogP contribution in [0, 0.1) is 12.3 Å². The lowest BCUT2D eigenvalue weighted by Crippen LogP contribution is -2.37. The Bertz CT molecular complexity index is 324. The Morgan fingerprint density at radius 1 is 0.833 bits per heavy atom. The van der Waals surface area contributed by atoms with E-state index in [0.29, 0.717) is 78.8 Å². The molecule has 0 aromatic heterocycles. The first-order valence-electron chi connectivity index (χ1n) is 8.18. The number of carbonyl (C=O) groups excluding carboxylic acids is 1. The van der Waals surface area contributed by atoms with Crippen molar-refractivity contribution < 1.29 is 23.7 Å². The summed E-state index contributed by atoms with van der Waals surface area (Å²) >= 11 is 0. The normalized spacial score (nSPS) is 10.5. The second-order valence-corrected chi connectivity index (χ2v) is 4.80. The molecule has 0 aliphatic carbocycles. The molecular weight excluding hydrogens is 314 g/mol. The lowest BCUT2D eigenvalue weighted by atomic mass is 10.3. The van der Waals surface area contributed by atoms with Crippen LogP contribution in [0.15, 0.2) is 0 Å². The Labute approximate surface area is 144 Å². The van der Waals surface area contributed by atoms with Gasteiger partial charge in [-0.1, -0.05) is 5.92 Å². The van der Waals surface area contributed by atoms with Crippen molar-refractivity contribution in [2.45, 2.75) is 6.42 Å². The fourth-order valence-corrected chi connectivity index (χ4v) is 1.75. The van der Waals surface area contributed by atoms with Gasteiger partial charge in [0.2, 0.25) is 5.91 Å². The van der Waals surface area contributed by atoms with Gasteiger partial charge in [-0.3, -0.25) is 4.79 Å². The van der Waals surface area contributed by atoms with Gasteiger partial charge in [0.15, 0.2) is 0 Å². The maximum atomic E-state index is 12.2. The Kier molecular flexibility index (Phi) is 17.2. The summed E-state index contributed by atoms with van der Waals surface area (Å²) in [6.45, 7) is 5.19. The van der Waals surface area contributed by atoms with Gasteiger partial charge in [-0.15, -0.1) is 6.42 Å². The molecule has 0 bridgehead atoms. The van der Waals surface area contributed by atoms with Gasteiger partial charge in [-0.2, -0.15) is 0 Å². The minimum Gasteiger partial charge on any atom is -0.379 e. The molecule has 0 aromatic rings. The Hall–Kier alpha value is -1.21. The number of nitrogens with two attached hydrogens (primary N) is 2. The molecule has 4 N–H and O–H groups in total. The minimum atomic E-state index is -0.00719. The van der Waals surface area contributed by atoms with Crippen molar-refractivity contribution in [1.29, 1.82) is 0 Å². The third-order valence-electron chi connectivity index (χ3n) is 2.91. The lowest BCUT2D eigenvalue weighted by molar-refractivity contribution is -0.134. The molecule has 8 nitrogen and oxygen atoms in total. The van der Waals surface area contributed by atoms with Crippen LogP contribution in [0.2, 0.25) is 0 Å². The van der Waals surface area contributed by atoms with E-state index in [1.54, 1.807) is 4.90 Å². The molecule has 0 radical (unpaired) electrons. The van der Waals surface area contributed by atoms with Gasteiger partial charge in [-0.05, 0) is 0 Å². The minimum absolute atomic E-state index is 0.00719. The van der Waals surface area contributed by atoms with Gasteiger partial charge in [0.25, 0.3) is 0 Å². The highest BCUT2D eigenvalue weighted by molar-refractivity contribution is 5.76. The molecule has 0 fully saturated rings. The van der Waals surface area contributed by atoms with Gasteiger partial charge >= 0.3 is 0 Å². The van der Waals surface area contributed by atoms with E-state index in [1.807, 2.05) is 0 Å². The molecule has 0 aliphatic heterocycles. The van der Waals surface area contributed by atoms with Crippen molar-refractivity contribution in [3.05, 3.63) is 0 Å².